The van der Waals surface area contributed by atoms with E-state index in [0.717, 1.165) is 5.56 Å². The van der Waals surface area contributed by atoms with E-state index in [0.29, 0.717) is 11.3 Å². The van der Waals surface area contributed by atoms with Crippen LogP contribution in [0.4, 0.5) is 5.69 Å². The van der Waals surface area contributed by atoms with Crippen LogP contribution >= 0.6 is 0 Å². The van der Waals surface area contributed by atoms with Crippen LogP contribution in [0, 0.1) is 0 Å². The highest BCUT2D eigenvalue weighted by Gasteiger charge is 2.26. The maximum atomic E-state index is 12.0. The number of aryl methyl sites for hydroxylation is 2. The second-order valence-corrected chi connectivity index (χ2v) is 7.89. The number of anilines is 1. The summed E-state index contributed by atoms with van der Waals surface area (Å²) in [5.41, 5.74) is 7.64. The molecule has 0 N–H and O–H groups in total. The zero-order valence-corrected chi connectivity index (χ0v) is 16.9. The molecule has 0 saturated carbocycles. The molecular formula is C26H24N2O2. The summed E-state index contributed by atoms with van der Waals surface area (Å²) in [4.78, 5) is 19.5. The van der Waals surface area contributed by atoms with Gasteiger partial charge in [-0.25, -0.2) is 4.79 Å². The van der Waals surface area contributed by atoms with E-state index in [4.69, 9.17) is 4.84 Å². The van der Waals surface area contributed by atoms with Crippen molar-refractivity contribution in [3.8, 4) is 0 Å². The highest BCUT2D eigenvalue weighted by molar-refractivity contribution is 6.28. The summed E-state index contributed by atoms with van der Waals surface area (Å²) in [5, 5.41) is 3.93. The van der Waals surface area contributed by atoms with Crippen LogP contribution in [-0.2, 0) is 22.5 Å². The molecule has 0 spiro atoms. The Hall–Kier alpha value is -3.40. The fraction of sp³-hybridized carbons (Fsp3) is 0.231. The number of allylic oxidation sites excluding steroid dienone is 4. The van der Waals surface area contributed by atoms with Crippen LogP contribution < -0.4 is 4.90 Å². The maximum Gasteiger partial charge on any atom is 0.368 e. The molecule has 3 aliphatic heterocycles. The van der Waals surface area contributed by atoms with E-state index >= 15 is 0 Å². The first kappa shape index (κ1) is 18.6. The molecular weight excluding hydrogens is 372 g/mol. The second kappa shape index (κ2) is 8.15. The fourth-order valence-corrected chi connectivity index (χ4v) is 4.54. The molecule has 3 heterocycles. The molecule has 4 heteroatoms. The zero-order chi connectivity index (χ0) is 20.3. The summed E-state index contributed by atoms with van der Waals surface area (Å²) in [6, 6.07) is 14.3. The summed E-state index contributed by atoms with van der Waals surface area (Å²) in [6.07, 6.45) is 14.6. The molecule has 0 unspecified atom stereocenters. The van der Waals surface area contributed by atoms with Gasteiger partial charge < -0.3 is 9.74 Å². The van der Waals surface area contributed by atoms with Crippen LogP contribution in [0.15, 0.2) is 77.5 Å². The quantitative estimate of drug-likeness (QED) is 0.422. The lowest BCUT2D eigenvalue weighted by Gasteiger charge is -2.37. The van der Waals surface area contributed by atoms with Gasteiger partial charge in [0, 0.05) is 24.3 Å². The van der Waals surface area contributed by atoms with Crippen molar-refractivity contribution in [3.63, 3.8) is 0 Å². The van der Waals surface area contributed by atoms with Gasteiger partial charge in [0.25, 0.3) is 0 Å². The maximum absolute atomic E-state index is 12.0. The Morgan fingerprint density at radius 1 is 0.933 bits per heavy atom. The van der Waals surface area contributed by atoms with Crippen LogP contribution in [-0.4, -0.2) is 24.8 Å². The molecule has 0 atom stereocenters. The van der Waals surface area contributed by atoms with Crippen LogP contribution in [0.25, 0.3) is 6.08 Å². The third kappa shape index (κ3) is 3.61. The van der Waals surface area contributed by atoms with Gasteiger partial charge in [0.1, 0.15) is 5.71 Å². The van der Waals surface area contributed by atoms with Crippen LogP contribution in [0.3, 0.4) is 0 Å². The molecule has 4 nitrogen and oxygen atoms in total. The molecule has 5 rings (SSSR count). The van der Waals surface area contributed by atoms with Crippen LogP contribution in [0.5, 0.6) is 0 Å². The van der Waals surface area contributed by atoms with Gasteiger partial charge in [-0.2, -0.15) is 0 Å². The number of hydrogen-bond donors (Lipinski definition) is 0. The van der Waals surface area contributed by atoms with Crippen molar-refractivity contribution in [2.45, 2.75) is 25.7 Å². The number of rotatable bonds is 4. The minimum Gasteiger partial charge on any atom is -0.371 e. The first-order valence-electron chi connectivity index (χ1n) is 10.6. The monoisotopic (exact) mass is 396 g/mol. The summed E-state index contributed by atoms with van der Waals surface area (Å²) in [5.74, 6) is -0.416. The number of benzene rings is 2. The zero-order valence-electron chi connectivity index (χ0n) is 16.9. The summed E-state index contributed by atoms with van der Waals surface area (Å²) in [6.45, 7) is 2.40. The van der Waals surface area contributed by atoms with Gasteiger partial charge >= 0.3 is 5.97 Å². The van der Waals surface area contributed by atoms with Crippen molar-refractivity contribution >= 4 is 23.4 Å². The number of hydrogen-bond acceptors (Lipinski definition) is 4. The number of carbonyl (C=O) groups excluding carboxylic acids is 1. The lowest BCUT2D eigenvalue weighted by atomic mass is 9.90. The molecule has 0 bridgehead atoms. The Bertz CT molecular complexity index is 1060. The van der Waals surface area contributed by atoms with Gasteiger partial charge in [0.2, 0.25) is 0 Å². The first-order valence-corrected chi connectivity index (χ1v) is 10.6. The Labute approximate surface area is 176 Å². The normalized spacial score (nSPS) is 19.5. The smallest absolute Gasteiger partial charge is 0.368 e. The van der Waals surface area contributed by atoms with Gasteiger partial charge in [0.05, 0.1) is 5.57 Å². The number of nitrogens with zero attached hydrogens (tertiary/aromatic N) is 2. The highest BCUT2D eigenvalue weighted by atomic mass is 16.7. The van der Waals surface area contributed by atoms with Crippen molar-refractivity contribution in [2.75, 3.05) is 18.0 Å². The van der Waals surface area contributed by atoms with Gasteiger partial charge in [-0.3, -0.25) is 0 Å². The SMILES string of the molecule is O=C1ON=C(c2ccccc2)/C1=C/C=C/C=C/c1cc2c3c(c1)CCCN3CCC2. The van der Waals surface area contributed by atoms with Crippen LogP contribution in [0.1, 0.15) is 35.1 Å². The lowest BCUT2D eigenvalue weighted by Crippen LogP contribution is -2.34. The van der Waals surface area contributed by atoms with E-state index in [1.54, 1.807) is 6.08 Å². The molecule has 2 aromatic rings. The molecule has 0 amide bonds. The first-order chi connectivity index (χ1) is 14.8. The van der Waals surface area contributed by atoms with Crippen molar-refractivity contribution in [2.24, 2.45) is 5.16 Å². The van der Waals surface area contributed by atoms with Gasteiger partial charge in [-0.15, -0.1) is 0 Å². The third-order valence-corrected chi connectivity index (χ3v) is 5.87. The van der Waals surface area contributed by atoms with E-state index in [9.17, 15) is 4.79 Å². The Balaban J connectivity index is 1.33. The average Bonchev–Trinajstić information content (AvgIpc) is 3.15. The molecule has 0 aromatic heterocycles. The standard InChI is InChI=1S/C26H24N2O2/c29-26-23(24(27-30-26)20-10-4-2-5-11-20)14-6-1-3-9-19-17-21-12-7-15-28-16-8-13-22(18-19)25(21)28/h1-6,9-11,14,17-18H,7-8,12-13,15-16H2/b6-1+,9-3+,23-14-. The molecule has 30 heavy (non-hydrogen) atoms. The number of oxime groups is 1. The van der Waals surface area contributed by atoms with Crippen molar-refractivity contribution in [3.05, 3.63) is 94.6 Å². The van der Waals surface area contributed by atoms with Crippen molar-refractivity contribution in [1.29, 1.82) is 0 Å². The molecule has 0 aliphatic carbocycles. The predicted molar refractivity (Wildman–Crippen MR) is 121 cm³/mol. The minimum atomic E-state index is -0.416. The van der Waals surface area contributed by atoms with Crippen LogP contribution in [0.2, 0.25) is 0 Å². The molecule has 150 valence electrons. The summed E-state index contributed by atoms with van der Waals surface area (Å²) >= 11 is 0. The molecule has 2 aromatic carbocycles. The van der Waals surface area contributed by atoms with E-state index in [1.165, 1.54) is 61.2 Å². The van der Waals surface area contributed by atoms with Gasteiger partial charge in [-0.05, 0) is 60.6 Å². The van der Waals surface area contributed by atoms with Gasteiger partial charge in [-0.1, -0.05) is 59.8 Å². The topological polar surface area (TPSA) is 41.9 Å². The Morgan fingerprint density at radius 3 is 2.40 bits per heavy atom. The Kier molecular flexibility index (Phi) is 5.06. The predicted octanol–water partition coefficient (Wildman–Crippen LogP) is 4.84. The summed E-state index contributed by atoms with van der Waals surface area (Å²) < 4.78 is 0. The highest BCUT2D eigenvalue weighted by Crippen LogP contribution is 2.36. The molecule has 0 radical (unpaired) electrons. The minimum absolute atomic E-state index is 0.416. The van der Waals surface area contributed by atoms with E-state index < -0.39 is 5.97 Å². The van der Waals surface area contributed by atoms with Crippen molar-refractivity contribution < 1.29 is 9.63 Å². The second-order valence-electron chi connectivity index (χ2n) is 7.89. The molecule has 3 aliphatic rings. The van der Waals surface area contributed by atoms with Crippen molar-refractivity contribution in [1.82, 2.24) is 0 Å². The number of carbonyl (C=O) groups is 1. The average molecular weight is 396 g/mol. The summed E-state index contributed by atoms with van der Waals surface area (Å²) in [7, 11) is 0. The largest absolute Gasteiger partial charge is 0.371 e. The van der Waals surface area contributed by atoms with E-state index in [-0.39, 0.29) is 0 Å². The third-order valence-electron chi connectivity index (χ3n) is 5.87. The fourth-order valence-electron chi connectivity index (χ4n) is 4.54. The van der Waals surface area contributed by atoms with E-state index in [1.807, 2.05) is 48.6 Å². The lowest BCUT2D eigenvalue weighted by molar-refractivity contribution is -0.136. The molecule has 0 saturated heterocycles. The Morgan fingerprint density at radius 2 is 1.67 bits per heavy atom. The van der Waals surface area contributed by atoms with E-state index in [2.05, 4.69) is 28.3 Å². The molecule has 0 fully saturated rings. The van der Waals surface area contributed by atoms with Gasteiger partial charge in [0.15, 0.2) is 0 Å².